The number of hydrogen-bond acceptors (Lipinski definition) is 4. The minimum absolute atomic E-state index is 0.161. The Morgan fingerprint density at radius 1 is 0.943 bits per heavy atom. The number of imidazole rings is 1. The summed E-state index contributed by atoms with van der Waals surface area (Å²) in [5.74, 6) is 2.19. The fourth-order valence-corrected chi connectivity index (χ4v) is 4.32. The number of carbonyl (C=O) groups excluding carboxylic acids is 1. The zero-order chi connectivity index (χ0) is 24.2. The van der Waals surface area contributed by atoms with Crippen LogP contribution in [-0.4, -0.2) is 29.2 Å². The smallest absolute Gasteiger partial charge is 0.251 e. The van der Waals surface area contributed by atoms with Crippen molar-refractivity contribution in [3.05, 3.63) is 102 Å². The van der Waals surface area contributed by atoms with Crippen molar-refractivity contribution < 1.29 is 14.3 Å². The Kier molecular flexibility index (Phi) is 6.35. The number of ether oxygens (including phenoxy) is 2. The molecule has 0 aliphatic heterocycles. The summed E-state index contributed by atoms with van der Waals surface area (Å²) in [4.78, 5) is 17.7. The highest BCUT2D eigenvalue weighted by Gasteiger charge is 2.19. The van der Waals surface area contributed by atoms with E-state index in [0.29, 0.717) is 24.5 Å². The van der Waals surface area contributed by atoms with Crippen molar-refractivity contribution in [1.29, 1.82) is 0 Å². The first-order valence-corrected chi connectivity index (χ1v) is 11.6. The highest BCUT2D eigenvalue weighted by Crippen LogP contribution is 2.26. The van der Waals surface area contributed by atoms with Gasteiger partial charge in [-0.05, 0) is 54.8 Å². The largest absolute Gasteiger partial charge is 0.497 e. The second kappa shape index (κ2) is 9.89. The number of nitrogens with one attached hydrogen (secondary N) is 1. The third kappa shape index (κ3) is 4.68. The molecular formula is C29H27N3O3. The maximum atomic E-state index is 12.9. The zero-order valence-electron chi connectivity index (χ0n) is 19.8. The molecule has 1 unspecified atom stereocenters. The lowest BCUT2D eigenvalue weighted by atomic mass is 10.1. The van der Waals surface area contributed by atoms with E-state index in [2.05, 4.69) is 28.1 Å². The summed E-state index contributed by atoms with van der Waals surface area (Å²) in [5.41, 5.74) is 2.47. The number of hydrogen-bond donors (Lipinski definition) is 1. The maximum Gasteiger partial charge on any atom is 0.251 e. The molecule has 0 fully saturated rings. The Labute approximate surface area is 204 Å². The fraction of sp³-hybridized carbons (Fsp3) is 0.172. The molecule has 5 aromatic rings. The maximum absolute atomic E-state index is 12.9. The van der Waals surface area contributed by atoms with Crippen molar-refractivity contribution in [2.75, 3.05) is 13.7 Å². The molecule has 0 saturated carbocycles. The Balaban J connectivity index is 1.36. The summed E-state index contributed by atoms with van der Waals surface area (Å²) in [6, 6.07) is 29.0. The number of rotatable bonds is 8. The number of aromatic nitrogens is 2. The van der Waals surface area contributed by atoms with Gasteiger partial charge in [0.1, 0.15) is 23.9 Å². The molecule has 6 nitrogen and oxygen atoms in total. The SMILES string of the molecule is COc1ccc(C(=O)NC(C)c2nc3ccccc3n2CCOc2cccc3ccccc23)cc1. The zero-order valence-corrected chi connectivity index (χ0v) is 19.8. The van der Waals surface area contributed by atoms with Crippen molar-refractivity contribution in [2.24, 2.45) is 0 Å². The Morgan fingerprint density at radius 3 is 2.51 bits per heavy atom. The lowest BCUT2D eigenvalue weighted by molar-refractivity contribution is 0.0937. The quantitative estimate of drug-likeness (QED) is 0.316. The average Bonchev–Trinajstić information content (AvgIpc) is 3.27. The van der Waals surface area contributed by atoms with Crippen molar-refractivity contribution in [3.8, 4) is 11.5 Å². The topological polar surface area (TPSA) is 65.4 Å². The lowest BCUT2D eigenvalue weighted by Gasteiger charge is -2.17. The highest BCUT2D eigenvalue weighted by molar-refractivity contribution is 5.94. The fourth-order valence-electron chi connectivity index (χ4n) is 4.32. The van der Waals surface area contributed by atoms with Crippen LogP contribution in [-0.2, 0) is 6.54 Å². The number of benzene rings is 4. The molecule has 6 heteroatoms. The summed E-state index contributed by atoms with van der Waals surface area (Å²) < 4.78 is 13.5. The van der Waals surface area contributed by atoms with E-state index in [-0.39, 0.29) is 11.9 Å². The second-order valence-corrected chi connectivity index (χ2v) is 8.36. The first-order chi connectivity index (χ1) is 17.1. The van der Waals surface area contributed by atoms with Gasteiger partial charge in [-0.1, -0.05) is 48.5 Å². The molecule has 35 heavy (non-hydrogen) atoms. The van der Waals surface area contributed by atoms with E-state index >= 15 is 0 Å². The Hall–Kier alpha value is -4.32. The molecule has 176 valence electrons. The van der Waals surface area contributed by atoms with Gasteiger partial charge in [0.15, 0.2) is 0 Å². The third-order valence-corrected chi connectivity index (χ3v) is 6.09. The minimum atomic E-state index is -0.297. The van der Waals surface area contributed by atoms with Crippen LogP contribution in [0.25, 0.3) is 21.8 Å². The van der Waals surface area contributed by atoms with Gasteiger partial charge in [0.05, 0.1) is 30.7 Å². The van der Waals surface area contributed by atoms with E-state index in [4.69, 9.17) is 14.5 Å². The standard InChI is InChI=1S/C29H27N3O3/c1-20(30-29(33)22-14-16-23(34-2)17-15-22)28-31-25-11-5-6-12-26(25)32(28)18-19-35-27-13-7-9-21-8-3-4-10-24(21)27/h3-17,20H,18-19H2,1-2H3,(H,30,33). The summed E-state index contributed by atoms with van der Waals surface area (Å²) in [6.45, 7) is 3.02. The molecule has 0 radical (unpaired) electrons. The van der Waals surface area contributed by atoms with E-state index in [1.165, 1.54) is 0 Å². The third-order valence-electron chi connectivity index (χ3n) is 6.09. The van der Waals surface area contributed by atoms with Gasteiger partial charge in [-0.3, -0.25) is 4.79 Å². The van der Waals surface area contributed by atoms with Gasteiger partial charge in [-0.15, -0.1) is 0 Å². The molecule has 0 bridgehead atoms. The monoisotopic (exact) mass is 465 g/mol. The van der Waals surface area contributed by atoms with Crippen LogP contribution in [0.2, 0.25) is 0 Å². The summed E-state index contributed by atoms with van der Waals surface area (Å²) in [7, 11) is 1.60. The van der Waals surface area contributed by atoms with E-state index in [1.807, 2.05) is 55.5 Å². The predicted molar refractivity (Wildman–Crippen MR) is 138 cm³/mol. The van der Waals surface area contributed by atoms with E-state index in [1.54, 1.807) is 31.4 Å². The lowest BCUT2D eigenvalue weighted by Crippen LogP contribution is -2.29. The van der Waals surface area contributed by atoms with Crippen LogP contribution >= 0.6 is 0 Å². The molecule has 1 aromatic heterocycles. The van der Waals surface area contributed by atoms with Crippen molar-refractivity contribution in [2.45, 2.75) is 19.5 Å². The van der Waals surface area contributed by atoms with E-state index < -0.39 is 0 Å². The minimum Gasteiger partial charge on any atom is -0.497 e. The average molecular weight is 466 g/mol. The molecule has 4 aromatic carbocycles. The molecule has 5 rings (SSSR count). The second-order valence-electron chi connectivity index (χ2n) is 8.36. The normalized spacial score (nSPS) is 11.9. The van der Waals surface area contributed by atoms with Crippen molar-refractivity contribution in [1.82, 2.24) is 14.9 Å². The molecular weight excluding hydrogens is 438 g/mol. The van der Waals surface area contributed by atoms with Crippen LogP contribution in [0.15, 0.2) is 91.0 Å². The van der Waals surface area contributed by atoms with Crippen molar-refractivity contribution in [3.63, 3.8) is 0 Å². The van der Waals surface area contributed by atoms with E-state index in [9.17, 15) is 4.79 Å². The van der Waals surface area contributed by atoms with Gasteiger partial charge >= 0.3 is 0 Å². The molecule has 0 saturated heterocycles. The first kappa shape index (κ1) is 22.5. The molecule has 1 amide bonds. The van der Waals surface area contributed by atoms with Crippen LogP contribution in [0.3, 0.4) is 0 Å². The number of para-hydroxylation sites is 2. The Morgan fingerprint density at radius 2 is 1.69 bits per heavy atom. The van der Waals surface area contributed by atoms with Gasteiger partial charge in [-0.25, -0.2) is 4.98 Å². The Bertz CT molecular complexity index is 1470. The molecule has 1 atom stereocenters. The molecule has 0 aliphatic carbocycles. The van der Waals surface area contributed by atoms with Crippen LogP contribution in [0.1, 0.15) is 29.1 Å². The number of amides is 1. The van der Waals surface area contributed by atoms with Gasteiger partial charge in [-0.2, -0.15) is 0 Å². The summed E-state index contributed by atoms with van der Waals surface area (Å²) >= 11 is 0. The van der Waals surface area contributed by atoms with Crippen LogP contribution in [0, 0.1) is 0 Å². The van der Waals surface area contributed by atoms with Crippen LogP contribution in [0.4, 0.5) is 0 Å². The highest BCUT2D eigenvalue weighted by atomic mass is 16.5. The van der Waals surface area contributed by atoms with Crippen LogP contribution in [0.5, 0.6) is 11.5 Å². The number of nitrogens with zero attached hydrogens (tertiary/aromatic N) is 2. The summed E-state index contributed by atoms with van der Waals surface area (Å²) in [6.07, 6.45) is 0. The van der Waals surface area contributed by atoms with E-state index in [0.717, 1.165) is 33.4 Å². The van der Waals surface area contributed by atoms with Crippen LogP contribution < -0.4 is 14.8 Å². The predicted octanol–water partition coefficient (Wildman–Crippen LogP) is 5.77. The molecule has 0 spiro atoms. The van der Waals surface area contributed by atoms with Crippen molar-refractivity contribution >= 4 is 27.7 Å². The molecule has 1 N–H and O–H groups in total. The number of carbonyl (C=O) groups is 1. The van der Waals surface area contributed by atoms with Gasteiger partial charge in [0, 0.05) is 10.9 Å². The van der Waals surface area contributed by atoms with Gasteiger partial charge in [0.25, 0.3) is 5.91 Å². The van der Waals surface area contributed by atoms with Gasteiger partial charge in [0.2, 0.25) is 0 Å². The summed E-state index contributed by atoms with van der Waals surface area (Å²) in [5, 5.41) is 5.32. The molecule has 1 heterocycles. The first-order valence-electron chi connectivity index (χ1n) is 11.6. The number of fused-ring (bicyclic) bond motifs is 2. The van der Waals surface area contributed by atoms with Gasteiger partial charge < -0.3 is 19.4 Å². The molecule has 0 aliphatic rings. The number of methoxy groups -OCH3 is 1.